The van der Waals surface area contributed by atoms with Gasteiger partial charge in [-0.3, -0.25) is 4.98 Å². The molecule has 0 bridgehead atoms. The van der Waals surface area contributed by atoms with Crippen LogP contribution in [0.5, 0.6) is 0 Å². The second-order valence-electron chi connectivity index (χ2n) is 7.83. The Hall–Kier alpha value is -4.21. The fourth-order valence-corrected chi connectivity index (χ4v) is 4.60. The average Bonchev–Trinajstić information content (AvgIpc) is 3.54. The van der Waals surface area contributed by atoms with Crippen LogP contribution in [0.4, 0.5) is 0 Å². The van der Waals surface area contributed by atoms with E-state index in [1.165, 1.54) is 20.7 Å². The van der Waals surface area contributed by atoms with Gasteiger partial charge in [-0.05, 0) is 58.1 Å². The van der Waals surface area contributed by atoms with Crippen LogP contribution in [0.1, 0.15) is 5.56 Å². The molecule has 10 heteroatoms. The first-order valence-corrected chi connectivity index (χ1v) is 11.8. The maximum atomic E-state index is 13.2. The number of benzene rings is 2. The first-order valence-electron chi connectivity index (χ1n) is 10.7. The van der Waals surface area contributed by atoms with Crippen molar-refractivity contribution in [3.63, 3.8) is 0 Å². The molecule has 0 radical (unpaired) electrons. The lowest BCUT2D eigenvalue weighted by atomic mass is 9.98. The summed E-state index contributed by atoms with van der Waals surface area (Å²) in [5, 5.41) is 13.7. The second kappa shape index (κ2) is 8.86. The quantitative estimate of drug-likeness (QED) is 0.338. The number of pyridine rings is 1. The third-order valence-corrected chi connectivity index (χ3v) is 6.64. The predicted molar refractivity (Wildman–Crippen MR) is 135 cm³/mol. The highest BCUT2D eigenvalue weighted by atomic mass is 35.5. The van der Waals surface area contributed by atoms with Crippen molar-refractivity contribution in [1.29, 1.82) is 0 Å². The molecule has 170 valence electrons. The van der Waals surface area contributed by atoms with E-state index in [-0.39, 0.29) is 5.69 Å². The zero-order valence-corrected chi connectivity index (χ0v) is 19.7. The van der Waals surface area contributed by atoms with E-state index in [9.17, 15) is 4.79 Å². The van der Waals surface area contributed by atoms with Gasteiger partial charge in [0.1, 0.15) is 0 Å². The molecule has 0 atom stereocenters. The highest BCUT2D eigenvalue weighted by Gasteiger charge is 2.19. The SMILES string of the molecule is O=c1n(Cc2ccc(-c3cnns3)cc2)nc2c(-c3ccncc3)c(-c3ccc(Cl)cc3)cnn12. The zero-order valence-electron chi connectivity index (χ0n) is 18.1. The van der Waals surface area contributed by atoms with Crippen LogP contribution < -0.4 is 5.69 Å². The van der Waals surface area contributed by atoms with Crippen LogP contribution in [0.3, 0.4) is 0 Å². The Morgan fingerprint density at radius 2 is 1.60 bits per heavy atom. The van der Waals surface area contributed by atoms with Gasteiger partial charge in [-0.1, -0.05) is 52.5 Å². The summed E-state index contributed by atoms with van der Waals surface area (Å²) in [5.41, 5.74) is 5.59. The maximum absolute atomic E-state index is 13.2. The van der Waals surface area contributed by atoms with Crippen molar-refractivity contribution >= 4 is 28.8 Å². The van der Waals surface area contributed by atoms with E-state index in [0.717, 1.165) is 38.3 Å². The molecule has 0 aliphatic rings. The third kappa shape index (κ3) is 4.01. The molecule has 0 unspecified atom stereocenters. The number of hydrogen-bond acceptors (Lipinski definition) is 7. The molecule has 0 aliphatic carbocycles. The van der Waals surface area contributed by atoms with Crippen molar-refractivity contribution in [2.75, 3.05) is 0 Å². The Kier molecular flexibility index (Phi) is 5.40. The average molecular weight is 498 g/mol. The molecule has 6 rings (SSSR count). The number of nitrogens with zero attached hydrogens (tertiary/aromatic N) is 7. The minimum atomic E-state index is -0.311. The summed E-state index contributed by atoms with van der Waals surface area (Å²) in [7, 11) is 0. The molecule has 6 aromatic rings. The van der Waals surface area contributed by atoms with E-state index >= 15 is 0 Å². The summed E-state index contributed by atoms with van der Waals surface area (Å²) >= 11 is 7.44. The maximum Gasteiger partial charge on any atom is 0.367 e. The van der Waals surface area contributed by atoms with Crippen LogP contribution in [0.15, 0.2) is 90.2 Å². The van der Waals surface area contributed by atoms with Crippen molar-refractivity contribution in [2.45, 2.75) is 6.54 Å². The van der Waals surface area contributed by atoms with Crippen molar-refractivity contribution in [3.05, 3.63) is 107 Å². The Bertz CT molecular complexity index is 1680. The molecule has 0 amide bonds. The Morgan fingerprint density at radius 3 is 2.31 bits per heavy atom. The van der Waals surface area contributed by atoms with Crippen LogP contribution in [0.25, 0.3) is 38.3 Å². The molecular weight excluding hydrogens is 482 g/mol. The lowest BCUT2D eigenvalue weighted by Crippen LogP contribution is -2.22. The predicted octanol–water partition coefficient (Wildman–Crippen LogP) is 4.84. The van der Waals surface area contributed by atoms with Gasteiger partial charge in [-0.15, -0.1) is 10.2 Å². The van der Waals surface area contributed by atoms with Crippen LogP contribution >= 0.6 is 23.1 Å². The monoisotopic (exact) mass is 497 g/mol. The van der Waals surface area contributed by atoms with Gasteiger partial charge in [-0.25, -0.2) is 9.48 Å². The largest absolute Gasteiger partial charge is 0.367 e. The van der Waals surface area contributed by atoms with Gasteiger partial charge in [0.15, 0.2) is 5.65 Å². The minimum absolute atomic E-state index is 0.311. The molecule has 0 N–H and O–H groups in total. The lowest BCUT2D eigenvalue weighted by Gasteiger charge is -2.10. The summed E-state index contributed by atoms with van der Waals surface area (Å²) < 4.78 is 6.68. The molecule has 2 aromatic carbocycles. The molecule has 4 heterocycles. The van der Waals surface area contributed by atoms with Crippen LogP contribution in [-0.4, -0.2) is 34.0 Å². The van der Waals surface area contributed by atoms with E-state index in [0.29, 0.717) is 17.2 Å². The first kappa shape index (κ1) is 21.3. The van der Waals surface area contributed by atoms with Gasteiger partial charge in [0.25, 0.3) is 0 Å². The summed E-state index contributed by atoms with van der Waals surface area (Å²) in [6, 6.07) is 19.2. The van der Waals surface area contributed by atoms with Gasteiger partial charge in [0.2, 0.25) is 0 Å². The van der Waals surface area contributed by atoms with Crippen LogP contribution in [0.2, 0.25) is 5.02 Å². The summed E-state index contributed by atoms with van der Waals surface area (Å²) in [4.78, 5) is 18.3. The molecule has 0 spiro atoms. The first-order chi connectivity index (χ1) is 17.2. The Labute approximate surface area is 208 Å². The molecule has 0 saturated carbocycles. The van der Waals surface area contributed by atoms with E-state index < -0.39 is 0 Å². The third-order valence-electron chi connectivity index (χ3n) is 5.67. The van der Waals surface area contributed by atoms with E-state index in [2.05, 4.69) is 19.7 Å². The lowest BCUT2D eigenvalue weighted by molar-refractivity contribution is 0.650. The zero-order chi connectivity index (χ0) is 23.8. The molecule has 35 heavy (non-hydrogen) atoms. The van der Waals surface area contributed by atoms with Crippen molar-refractivity contribution in [1.82, 2.24) is 34.0 Å². The van der Waals surface area contributed by atoms with Gasteiger partial charge in [0, 0.05) is 28.5 Å². The van der Waals surface area contributed by atoms with Gasteiger partial charge < -0.3 is 0 Å². The van der Waals surface area contributed by atoms with E-state index in [1.54, 1.807) is 24.8 Å². The normalized spacial score (nSPS) is 11.2. The van der Waals surface area contributed by atoms with Crippen molar-refractivity contribution in [2.24, 2.45) is 0 Å². The van der Waals surface area contributed by atoms with E-state index in [1.807, 2.05) is 60.7 Å². The number of fused-ring (bicyclic) bond motifs is 1. The standard InChI is InChI=1S/C25H16ClN7OS/c26-20-7-5-17(6-8-20)21-13-29-33-24(23(21)19-9-11-27-12-10-19)30-32(25(33)34)15-16-1-3-18(4-2-16)22-14-28-31-35-22/h1-14H,15H2. The number of halogens is 1. The van der Waals surface area contributed by atoms with Crippen LogP contribution in [0, 0.1) is 0 Å². The highest BCUT2D eigenvalue weighted by Crippen LogP contribution is 2.34. The van der Waals surface area contributed by atoms with Crippen molar-refractivity contribution in [3.8, 4) is 32.7 Å². The molecule has 4 aromatic heterocycles. The highest BCUT2D eigenvalue weighted by molar-refractivity contribution is 7.09. The summed E-state index contributed by atoms with van der Waals surface area (Å²) in [6.07, 6.45) is 6.86. The fourth-order valence-electron chi connectivity index (χ4n) is 3.96. The summed E-state index contributed by atoms with van der Waals surface area (Å²) in [6.45, 7) is 0.315. The molecule has 0 aliphatic heterocycles. The molecule has 0 fully saturated rings. The van der Waals surface area contributed by atoms with E-state index in [4.69, 9.17) is 16.7 Å². The number of hydrogen-bond donors (Lipinski definition) is 0. The van der Waals surface area contributed by atoms with Gasteiger partial charge in [-0.2, -0.15) is 9.61 Å². The molecular formula is C25H16ClN7OS. The minimum Gasteiger partial charge on any atom is -0.265 e. The van der Waals surface area contributed by atoms with Gasteiger partial charge in [0.05, 0.1) is 23.8 Å². The van der Waals surface area contributed by atoms with Gasteiger partial charge >= 0.3 is 5.69 Å². The van der Waals surface area contributed by atoms with Crippen molar-refractivity contribution < 1.29 is 0 Å². The Morgan fingerprint density at radius 1 is 0.857 bits per heavy atom. The number of rotatable bonds is 5. The summed E-state index contributed by atoms with van der Waals surface area (Å²) in [5.74, 6) is 0. The fraction of sp³-hybridized carbons (Fsp3) is 0.0400. The second-order valence-corrected chi connectivity index (χ2v) is 9.05. The van der Waals surface area contributed by atoms with Crippen LogP contribution in [-0.2, 0) is 6.54 Å². The molecule has 8 nitrogen and oxygen atoms in total. The number of aromatic nitrogens is 7. The smallest absolute Gasteiger partial charge is 0.265 e. The molecule has 0 saturated heterocycles. The Balaban J connectivity index is 1.46. The topological polar surface area (TPSA) is 90.9 Å².